The lowest BCUT2D eigenvalue weighted by Crippen LogP contribution is -2.61. The smallest absolute Gasteiger partial charge is 0.326 e. The Hall–Kier alpha value is -9.33. The van der Waals surface area contributed by atoms with Gasteiger partial charge < -0.3 is 102 Å². The molecule has 0 radical (unpaired) electrons. The van der Waals surface area contributed by atoms with Gasteiger partial charge in [0.1, 0.15) is 59.8 Å². The summed E-state index contributed by atoms with van der Waals surface area (Å²) < 4.78 is 0. The predicted octanol–water partition coefficient (Wildman–Crippen LogP) is -5.82. The Balaban J connectivity index is 1.90. The van der Waals surface area contributed by atoms with Gasteiger partial charge in [0.2, 0.25) is 53.2 Å². The quantitative estimate of drug-likeness (QED) is 0.0174. The number of hydrogen-bond donors (Lipinski definition) is 18. The second-order valence-electron chi connectivity index (χ2n) is 20.3. The van der Waals surface area contributed by atoms with Crippen molar-refractivity contribution < 1.29 is 78.3 Å². The van der Waals surface area contributed by atoms with Crippen molar-refractivity contribution in [2.45, 2.75) is 139 Å². The average molecular weight is 1180 g/mol. The molecule has 462 valence electrons. The summed E-state index contributed by atoms with van der Waals surface area (Å²) in [6, 6.07) is -2.81. The molecule has 0 aliphatic carbocycles. The molecule has 0 spiro atoms. The summed E-state index contributed by atoms with van der Waals surface area (Å²) in [6.45, 7) is 2.06. The number of nitrogens with zero attached hydrogens (tertiary/aromatic N) is 3. The highest BCUT2D eigenvalue weighted by Crippen LogP contribution is 2.21. The van der Waals surface area contributed by atoms with Gasteiger partial charge in [0.15, 0.2) is 11.9 Å². The molecule has 32 nitrogen and oxygen atoms in total. The van der Waals surface area contributed by atoms with E-state index in [2.05, 4.69) is 47.2 Å². The summed E-state index contributed by atoms with van der Waals surface area (Å²) in [5.41, 5.74) is 34.5. The number of likely N-dealkylation sites (tertiary alicyclic amines) is 1. The van der Waals surface area contributed by atoms with Gasteiger partial charge >= 0.3 is 11.9 Å². The second kappa shape index (κ2) is 34.2. The summed E-state index contributed by atoms with van der Waals surface area (Å²) in [7, 11) is 0. The van der Waals surface area contributed by atoms with Crippen LogP contribution >= 0.6 is 0 Å². The van der Waals surface area contributed by atoms with E-state index in [-0.39, 0.29) is 107 Å². The van der Waals surface area contributed by atoms with Crippen LogP contribution in [-0.4, -0.2) is 188 Å². The standard InChI is InChI=1S/C52H78N16O16/c1-26(2)20-37(50(83)84)66-48(81)39-8-5-19-68(39)49(82)36(23-40(54)72)65-44(77)33(7-4-18-60-52(57)58)62-47(80)38(25-69)67-46(79)35(24-41(73)74)64-43(76)32(6-3-17-59-51(55)56)61-45(78)34(22-28-11-15-30(71)16-12-28)63-42(75)31(53)21-27-9-13-29(70)14-10-27/h9-16,26,31-39,69-71H,3-8,17-25,53H2,1-2H3,(H2,54,72)(H,61,78)(H,62,80)(H,63,75)(H,64,76)(H,65,77)(H,66,81)(H,67,79)(H,73,74)(H,83,84)(H4,55,56,59)(H4,57,58,60). The van der Waals surface area contributed by atoms with Crippen LogP contribution in [-0.2, 0) is 65.6 Å². The SMILES string of the molecule is CC(C)CC(NC(=O)C1CCCN1C(=O)C(CC(N)=O)NC(=O)C(CCCN=C(N)N)NC(=O)C(CO)NC(=O)C(CC(=O)O)NC(=O)C(CCCN=C(N)N)NC(=O)C(Cc1ccc(O)cc1)NC(=O)C(N)Cc1ccc(O)cc1)C(=O)O. The van der Waals surface area contributed by atoms with Gasteiger partial charge in [-0.1, -0.05) is 38.1 Å². The van der Waals surface area contributed by atoms with Crippen molar-refractivity contribution in [2.75, 3.05) is 26.2 Å². The minimum atomic E-state index is -2.04. The third kappa shape index (κ3) is 24.0. The van der Waals surface area contributed by atoms with E-state index in [1.165, 1.54) is 48.5 Å². The van der Waals surface area contributed by atoms with E-state index >= 15 is 0 Å². The van der Waals surface area contributed by atoms with Crippen LogP contribution < -0.4 is 71.6 Å². The van der Waals surface area contributed by atoms with Gasteiger partial charge in [-0.3, -0.25) is 57.9 Å². The van der Waals surface area contributed by atoms with Crippen LogP contribution in [0, 0.1) is 5.92 Å². The number of amides is 9. The second-order valence-corrected chi connectivity index (χ2v) is 20.3. The lowest BCUT2D eigenvalue weighted by atomic mass is 10.0. The third-order valence-electron chi connectivity index (χ3n) is 12.9. The molecule has 84 heavy (non-hydrogen) atoms. The molecule has 9 atom stereocenters. The van der Waals surface area contributed by atoms with Gasteiger partial charge in [0.05, 0.1) is 25.5 Å². The first-order valence-corrected chi connectivity index (χ1v) is 26.8. The number of carbonyl (C=O) groups excluding carboxylic acids is 9. The van der Waals surface area contributed by atoms with Crippen LogP contribution in [0.4, 0.5) is 0 Å². The largest absolute Gasteiger partial charge is 0.508 e. The number of aliphatic carboxylic acids is 2. The van der Waals surface area contributed by atoms with Crippen molar-refractivity contribution in [3.05, 3.63) is 59.7 Å². The number of phenols is 2. The number of carbonyl (C=O) groups is 11. The minimum absolute atomic E-state index is 0.00702. The van der Waals surface area contributed by atoms with Crippen LogP contribution in [0.3, 0.4) is 0 Å². The first-order chi connectivity index (χ1) is 39.6. The van der Waals surface area contributed by atoms with Crippen LogP contribution in [0.2, 0.25) is 0 Å². The monoisotopic (exact) mass is 1180 g/mol. The zero-order valence-electron chi connectivity index (χ0n) is 46.5. The molecule has 1 aliphatic heterocycles. The van der Waals surface area contributed by atoms with Gasteiger partial charge in [-0.05, 0) is 92.7 Å². The fraction of sp³-hybridized carbons (Fsp3) is 0.519. The number of carboxylic acid groups (broad SMARTS) is 2. The number of aromatic hydroxyl groups is 2. The molecule has 0 saturated carbocycles. The maximum Gasteiger partial charge on any atom is 0.326 e. The molecule has 2 aromatic carbocycles. The van der Waals surface area contributed by atoms with E-state index in [1.54, 1.807) is 13.8 Å². The fourth-order valence-electron chi connectivity index (χ4n) is 8.68. The number of nitrogens with two attached hydrogens (primary N) is 6. The lowest BCUT2D eigenvalue weighted by molar-refractivity contribution is -0.145. The Bertz CT molecular complexity index is 2690. The number of aliphatic hydroxyl groups is 1. The molecular weight excluding hydrogens is 1100 g/mol. The number of aliphatic hydroxyl groups excluding tert-OH is 1. The Labute approximate surface area is 482 Å². The van der Waals surface area contributed by atoms with Crippen molar-refractivity contribution in [1.29, 1.82) is 0 Å². The van der Waals surface area contributed by atoms with Crippen LogP contribution in [0.5, 0.6) is 11.5 Å². The van der Waals surface area contributed by atoms with Crippen molar-refractivity contribution in [3.8, 4) is 11.5 Å². The maximum absolute atomic E-state index is 14.2. The van der Waals surface area contributed by atoms with Crippen LogP contribution in [0.25, 0.3) is 0 Å². The first-order valence-electron chi connectivity index (χ1n) is 26.8. The molecule has 3 rings (SSSR count). The molecule has 1 aliphatic rings. The van der Waals surface area contributed by atoms with Gasteiger partial charge in [-0.25, -0.2) is 4.79 Å². The van der Waals surface area contributed by atoms with E-state index in [1.807, 2.05) is 0 Å². The average Bonchev–Trinajstić information content (AvgIpc) is 3.92. The summed E-state index contributed by atoms with van der Waals surface area (Å²) in [5, 5.41) is 66.2. The molecule has 32 heteroatoms. The van der Waals surface area contributed by atoms with Crippen molar-refractivity contribution in [1.82, 2.24) is 42.1 Å². The molecule has 9 amide bonds. The van der Waals surface area contributed by atoms with E-state index in [0.29, 0.717) is 11.1 Å². The highest BCUT2D eigenvalue weighted by Gasteiger charge is 2.41. The minimum Gasteiger partial charge on any atom is -0.508 e. The van der Waals surface area contributed by atoms with Crippen molar-refractivity contribution >= 4 is 77.0 Å². The Morgan fingerprint density at radius 1 is 0.571 bits per heavy atom. The zero-order chi connectivity index (χ0) is 62.8. The summed E-state index contributed by atoms with van der Waals surface area (Å²) in [4.78, 5) is 156. The van der Waals surface area contributed by atoms with E-state index < -0.39 is 139 Å². The molecule has 0 aromatic heterocycles. The molecule has 1 saturated heterocycles. The van der Waals surface area contributed by atoms with Gasteiger partial charge in [0, 0.05) is 26.1 Å². The highest BCUT2D eigenvalue weighted by molar-refractivity contribution is 6.00. The zero-order valence-corrected chi connectivity index (χ0v) is 46.5. The molecule has 1 heterocycles. The van der Waals surface area contributed by atoms with Gasteiger partial charge in [0.25, 0.3) is 0 Å². The van der Waals surface area contributed by atoms with E-state index in [0.717, 1.165) is 4.90 Å². The number of benzene rings is 2. The van der Waals surface area contributed by atoms with Gasteiger partial charge in [-0.15, -0.1) is 0 Å². The lowest BCUT2D eigenvalue weighted by Gasteiger charge is -2.30. The summed E-state index contributed by atoms with van der Waals surface area (Å²) in [6.07, 6.45) is -2.37. The molecule has 2 aromatic rings. The fourth-order valence-corrected chi connectivity index (χ4v) is 8.68. The molecule has 24 N–H and O–H groups in total. The Morgan fingerprint density at radius 2 is 1.01 bits per heavy atom. The summed E-state index contributed by atoms with van der Waals surface area (Å²) in [5.74, 6) is -13.4. The summed E-state index contributed by atoms with van der Waals surface area (Å²) >= 11 is 0. The molecule has 1 fully saturated rings. The number of carboxylic acids is 2. The number of rotatable bonds is 35. The molecule has 0 bridgehead atoms. The van der Waals surface area contributed by atoms with Crippen molar-refractivity contribution in [3.63, 3.8) is 0 Å². The number of hydrogen-bond acceptors (Lipinski definition) is 17. The van der Waals surface area contributed by atoms with E-state index in [4.69, 9.17) is 34.4 Å². The topological polar surface area (TPSA) is 557 Å². The van der Waals surface area contributed by atoms with Crippen LogP contribution in [0.1, 0.15) is 82.8 Å². The number of nitrogens with one attached hydrogen (secondary N) is 7. The van der Waals surface area contributed by atoms with Gasteiger partial charge in [-0.2, -0.15) is 0 Å². The first kappa shape index (κ1) is 68.9. The third-order valence-corrected chi connectivity index (χ3v) is 12.9. The van der Waals surface area contributed by atoms with Crippen LogP contribution in [0.15, 0.2) is 58.5 Å². The molecular formula is C52H78N16O16. The Kier molecular flexibility index (Phi) is 28.1. The van der Waals surface area contributed by atoms with E-state index in [9.17, 15) is 78.3 Å². The number of guanidine groups is 2. The highest BCUT2D eigenvalue weighted by atomic mass is 16.4. The molecule has 9 unspecified atom stereocenters. The maximum atomic E-state index is 14.2. The number of primary amides is 1. The Morgan fingerprint density at radius 3 is 1.48 bits per heavy atom. The normalized spacial score (nSPS) is 15.6. The predicted molar refractivity (Wildman–Crippen MR) is 300 cm³/mol. The number of aliphatic imine (C=N–C) groups is 2. The number of phenolic OH excluding ortho intramolecular Hbond substituents is 2. The van der Waals surface area contributed by atoms with Crippen molar-refractivity contribution in [2.24, 2.45) is 50.3 Å².